The fourth-order valence-corrected chi connectivity index (χ4v) is 1.79. The minimum atomic E-state index is -0.660. The predicted octanol–water partition coefficient (Wildman–Crippen LogP) is 0.756. The topological polar surface area (TPSA) is 61.4 Å². The van der Waals surface area contributed by atoms with Crippen LogP contribution < -0.4 is 10.6 Å². The number of aliphatic hydroxyl groups is 1. The van der Waals surface area contributed by atoms with Gasteiger partial charge in [-0.15, -0.1) is 0 Å². The molecule has 1 amide bonds. The molecule has 4 heteroatoms. The molecule has 4 nitrogen and oxygen atoms in total. The number of hydrogen-bond acceptors (Lipinski definition) is 3. The lowest BCUT2D eigenvalue weighted by Gasteiger charge is -2.21. The van der Waals surface area contributed by atoms with Crippen molar-refractivity contribution in [2.45, 2.75) is 13.0 Å². The van der Waals surface area contributed by atoms with Gasteiger partial charge in [-0.3, -0.25) is 4.79 Å². The van der Waals surface area contributed by atoms with Gasteiger partial charge in [0.2, 0.25) is 5.91 Å². The number of carbonyl (C=O) groups is 1. The van der Waals surface area contributed by atoms with E-state index in [4.69, 9.17) is 0 Å². The van der Waals surface area contributed by atoms with Crippen LogP contribution >= 0.6 is 0 Å². The zero-order valence-electron chi connectivity index (χ0n) is 10.4. The van der Waals surface area contributed by atoms with Gasteiger partial charge in [-0.1, -0.05) is 30.3 Å². The molecule has 1 aliphatic rings. The van der Waals surface area contributed by atoms with Crippen molar-refractivity contribution >= 4 is 5.91 Å². The van der Waals surface area contributed by atoms with Crippen molar-refractivity contribution < 1.29 is 9.90 Å². The largest absolute Gasteiger partial charge is 0.387 e. The van der Waals surface area contributed by atoms with E-state index in [1.807, 2.05) is 37.3 Å². The van der Waals surface area contributed by atoms with Gasteiger partial charge in [-0.05, 0) is 18.1 Å². The van der Waals surface area contributed by atoms with E-state index in [0.29, 0.717) is 0 Å². The molecule has 1 atom stereocenters. The average Bonchev–Trinajstić information content (AvgIpc) is 2.34. The van der Waals surface area contributed by atoms with Gasteiger partial charge in [-0.25, -0.2) is 0 Å². The first kappa shape index (κ1) is 12.8. The molecule has 2 rings (SSSR count). The van der Waals surface area contributed by atoms with Crippen LogP contribution in [0.3, 0.4) is 0 Å². The summed E-state index contributed by atoms with van der Waals surface area (Å²) in [7, 11) is 0. The van der Waals surface area contributed by atoms with Crippen LogP contribution in [0.15, 0.2) is 41.5 Å². The number of aliphatic hydroxyl groups excluding tert-OH is 1. The molecular formula is C14H18N2O2. The van der Waals surface area contributed by atoms with Gasteiger partial charge in [0, 0.05) is 25.2 Å². The van der Waals surface area contributed by atoms with Crippen LogP contribution in [0.25, 0.3) is 0 Å². The number of nitrogens with one attached hydrogen (secondary N) is 2. The van der Waals surface area contributed by atoms with E-state index in [1.54, 1.807) is 0 Å². The summed E-state index contributed by atoms with van der Waals surface area (Å²) in [4.78, 5) is 11.8. The van der Waals surface area contributed by atoms with Gasteiger partial charge in [-0.2, -0.15) is 0 Å². The Kier molecular flexibility index (Phi) is 4.12. The molecule has 0 bridgehead atoms. The average molecular weight is 246 g/mol. The van der Waals surface area contributed by atoms with Gasteiger partial charge in [0.05, 0.1) is 6.10 Å². The zero-order chi connectivity index (χ0) is 13.0. The van der Waals surface area contributed by atoms with Crippen molar-refractivity contribution in [1.29, 1.82) is 0 Å². The summed E-state index contributed by atoms with van der Waals surface area (Å²) in [5, 5.41) is 15.8. The smallest absolute Gasteiger partial charge is 0.247 e. The summed E-state index contributed by atoms with van der Waals surface area (Å²) in [5.74, 6) is -0.0959. The Hall–Kier alpha value is -1.65. The molecule has 0 radical (unpaired) electrons. The van der Waals surface area contributed by atoms with Crippen LogP contribution in [0.4, 0.5) is 0 Å². The minimum Gasteiger partial charge on any atom is -0.387 e. The van der Waals surface area contributed by atoms with Crippen LogP contribution in [0.5, 0.6) is 0 Å². The maximum absolute atomic E-state index is 11.8. The standard InChI is InChI=1S/C14H18N2O2/c1-10(12-7-15-8-12)14(18)16-9-13(17)11-5-3-2-4-6-11/h2-6,13,15,17H,7-9H2,1H3,(H,16,18). The Balaban J connectivity index is 1.86. The van der Waals surface area contributed by atoms with Crippen LogP contribution in [-0.2, 0) is 4.79 Å². The fraction of sp³-hybridized carbons (Fsp3) is 0.357. The maximum Gasteiger partial charge on any atom is 0.247 e. The van der Waals surface area contributed by atoms with E-state index in [-0.39, 0.29) is 12.5 Å². The molecule has 1 aromatic rings. The van der Waals surface area contributed by atoms with Gasteiger partial charge in [0.25, 0.3) is 0 Å². The van der Waals surface area contributed by atoms with Crippen molar-refractivity contribution in [2.75, 3.05) is 19.6 Å². The molecule has 0 spiro atoms. The van der Waals surface area contributed by atoms with Gasteiger partial charge in [0.15, 0.2) is 0 Å². The zero-order valence-corrected chi connectivity index (χ0v) is 10.4. The summed E-state index contributed by atoms with van der Waals surface area (Å²) >= 11 is 0. The van der Waals surface area contributed by atoms with Gasteiger partial charge < -0.3 is 15.7 Å². The molecule has 96 valence electrons. The van der Waals surface area contributed by atoms with Crippen molar-refractivity contribution in [1.82, 2.24) is 10.6 Å². The van der Waals surface area contributed by atoms with Gasteiger partial charge in [0.1, 0.15) is 0 Å². The first-order valence-electron chi connectivity index (χ1n) is 6.09. The van der Waals surface area contributed by atoms with Crippen LogP contribution in [-0.4, -0.2) is 30.6 Å². The molecule has 1 aliphatic heterocycles. The summed E-state index contributed by atoms with van der Waals surface area (Å²) in [6.07, 6.45) is -0.660. The highest BCUT2D eigenvalue weighted by Crippen LogP contribution is 2.12. The Bertz CT molecular complexity index is 448. The van der Waals surface area contributed by atoms with E-state index in [9.17, 15) is 9.90 Å². The molecule has 1 saturated heterocycles. The quantitative estimate of drug-likeness (QED) is 0.687. The van der Waals surface area contributed by atoms with E-state index >= 15 is 0 Å². The molecular weight excluding hydrogens is 228 g/mol. The van der Waals surface area contributed by atoms with Crippen LogP contribution in [0.2, 0.25) is 0 Å². The summed E-state index contributed by atoms with van der Waals surface area (Å²) in [6, 6.07) is 9.32. The number of amides is 1. The van der Waals surface area contributed by atoms with Crippen molar-refractivity contribution in [3.05, 3.63) is 47.0 Å². The van der Waals surface area contributed by atoms with E-state index < -0.39 is 6.10 Å². The second kappa shape index (κ2) is 5.80. The highest BCUT2D eigenvalue weighted by molar-refractivity contribution is 5.93. The molecule has 0 aromatic heterocycles. The molecule has 0 saturated carbocycles. The van der Waals surface area contributed by atoms with Crippen LogP contribution in [0.1, 0.15) is 18.6 Å². The van der Waals surface area contributed by atoms with E-state index in [1.165, 1.54) is 0 Å². The Morgan fingerprint density at radius 3 is 2.61 bits per heavy atom. The molecule has 1 fully saturated rings. The summed E-state index contributed by atoms with van der Waals surface area (Å²) < 4.78 is 0. The van der Waals surface area contributed by atoms with Crippen molar-refractivity contribution in [3.63, 3.8) is 0 Å². The number of rotatable bonds is 4. The highest BCUT2D eigenvalue weighted by Gasteiger charge is 2.16. The third kappa shape index (κ3) is 2.97. The van der Waals surface area contributed by atoms with Crippen molar-refractivity contribution in [2.24, 2.45) is 0 Å². The first-order valence-corrected chi connectivity index (χ1v) is 6.09. The molecule has 1 heterocycles. The normalized spacial score (nSPS) is 15.8. The predicted molar refractivity (Wildman–Crippen MR) is 70.0 cm³/mol. The third-order valence-electron chi connectivity index (χ3n) is 3.19. The summed E-state index contributed by atoms with van der Waals surface area (Å²) in [6.45, 7) is 3.64. The molecule has 1 aromatic carbocycles. The third-order valence-corrected chi connectivity index (χ3v) is 3.19. The second-order valence-corrected chi connectivity index (χ2v) is 4.47. The van der Waals surface area contributed by atoms with E-state index in [0.717, 1.165) is 29.8 Å². The van der Waals surface area contributed by atoms with Crippen molar-refractivity contribution in [3.8, 4) is 0 Å². The SMILES string of the molecule is CC(C(=O)NCC(O)c1ccccc1)=C1CNC1. The lowest BCUT2D eigenvalue weighted by Crippen LogP contribution is -2.38. The first-order chi connectivity index (χ1) is 8.68. The van der Waals surface area contributed by atoms with Gasteiger partial charge >= 0.3 is 0 Å². The maximum atomic E-state index is 11.8. The number of carbonyl (C=O) groups excluding carboxylic acids is 1. The Morgan fingerprint density at radius 1 is 1.39 bits per heavy atom. The monoisotopic (exact) mass is 246 g/mol. The second-order valence-electron chi connectivity index (χ2n) is 4.47. The fourth-order valence-electron chi connectivity index (χ4n) is 1.79. The number of benzene rings is 1. The summed E-state index contributed by atoms with van der Waals surface area (Å²) in [5.41, 5.74) is 2.71. The Labute approximate surface area is 107 Å². The van der Waals surface area contributed by atoms with E-state index in [2.05, 4.69) is 10.6 Å². The molecule has 1 unspecified atom stereocenters. The number of hydrogen-bond donors (Lipinski definition) is 3. The molecule has 3 N–H and O–H groups in total. The molecule has 0 aliphatic carbocycles. The lowest BCUT2D eigenvalue weighted by molar-refractivity contribution is -0.118. The molecule has 18 heavy (non-hydrogen) atoms. The lowest BCUT2D eigenvalue weighted by atomic mass is 10.0. The highest BCUT2D eigenvalue weighted by atomic mass is 16.3. The Morgan fingerprint density at radius 2 is 2.06 bits per heavy atom. The minimum absolute atomic E-state index is 0.0959. The van der Waals surface area contributed by atoms with Crippen LogP contribution in [0, 0.1) is 0 Å².